The van der Waals surface area contributed by atoms with Crippen molar-refractivity contribution in [2.24, 2.45) is 23.7 Å². The average molecular weight is 320 g/mol. The molecule has 0 aliphatic heterocycles. The van der Waals surface area contributed by atoms with E-state index < -0.39 is 0 Å². The normalized spacial score (nSPS) is 39.6. The molecule has 0 amide bonds. The molecule has 0 spiro atoms. The van der Waals surface area contributed by atoms with Gasteiger partial charge in [-0.25, -0.2) is 0 Å². The molecule has 3 aliphatic rings. The molecule has 4 rings (SSSR count). The van der Waals surface area contributed by atoms with Crippen LogP contribution in [-0.4, -0.2) is 6.04 Å². The second-order valence-electron chi connectivity index (χ2n) is 6.92. The summed E-state index contributed by atoms with van der Waals surface area (Å²) in [5.41, 5.74) is 2.64. The minimum Gasteiger partial charge on any atom is -0.382 e. The molecule has 0 saturated heterocycles. The van der Waals surface area contributed by atoms with Crippen molar-refractivity contribution in [3.63, 3.8) is 0 Å². The lowest BCUT2D eigenvalue weighted by Gasteiger charge is -2.32. The third-order valence-electron chi connectivity index (χ3n) is 5.82. The van der Waals surface area contributed by atoms with Gasteiger partial charge in [0.15, 0.2) is 0 Å². The second kappa shape index (κ2) is 4.51. The van der Waals surface area contributed by atoms with Crippen LogP contribution in [0.2, 0.25) is 0 Å². The van der Waals surface area contributed by atoms with E-state index in [1.54, 1.807) is 0 Å². The van der Waals surface area contributed by atoms with Crippen LogP contribution in [0.4, 0.5) is 5.69 Å². The molecular weight excluding hydrogens is 298 g/mol. The van der Waals surface area contributed by atoms with Crippen molar-refractivity contribution in [2.75, 3.05) is 5.32 Å². The van der Waals surface area contributed by atoms with Crippen molar-refractivity contribution >= 4 is 21.6 Å². The number of benzene rings is 1. The first-order valence-electron chi connectivity index (χ1n) is 7.74. The minimum atomic E-state index is 0.734. The Balaban J connectivity index is 1.52. The van der Waals surface area contributed by atoms with Crippen molar-refractivity contribution in [1.82, 2.24) is 0 Å². The monoisotopic (exact) mass is 319 g/mol. The van der Waals surface area contributed by atoms with E-state index in [9.17, 15) is 0 Å². The van der Waals surface area contributed by atoms with Gasteiger partial charge >= 0.3 is 0 Å². The number of hydrogen-bond donors (Lipinski definition) is 1. The molecular formula is C17H22BrN. The lowest BCUT2D eigenvalue weighted by Crippen LogP contribution is -2.33. The van der Waals surface area contributed by atoms with Crippen LogP contribution in [0.1, 0.15) is 37.7 Å². The maximum absolute atomic E-state index is 3.84. The van der Waals surface area contributed by atoms with Gasteiger partial charge in [0, 0.05) is 16.2 Å². The van der Waals surface area contributed by atoms with Gasteiger partial charge in [0.1, 0.15) is 0 Å². The fourth-order valence-corrected chi connectivity index (χ4v) is 5.88. The van der Waals surface area contributed by atoms with Crippen molar-refractivity contribution in [3.8, 4) is 0 Å². The van der Waals surface area contributed by atoms with E-state index in [4.69, 9.17) is 0 Å². The van der Waals surface area contributed by atoms with Crippen molar-refractivity contribution in [2.45, 2.75) is 45.1 Å². The summed E-state index contributed by atoms with van der Waals surface area (Å²) in [6, 6.07) is 7.42. The quantitative estimate of drug-likeness (QED) is 0.809. The van der Waals surface area contributed by atoms with Gasteiger partial charge in [-0.2, -0.15) is 0 Å². The molecule has 2 bridgehead atoms. The van der Waals surface area contributed by atoms with E-state index in [0.29, 0.717) is 0 Å². The molecule has 3 aliphatic carbocycles. The summed E-state index contributed by atoms with van der Waals surface area (Å²) in [6.45, 7) is 2.17. The number of halogens is 1. The highest BCUT2D eigenvalue weighted by molar-refractivity contribution is 9.10. The standard InChI is InChI=1S/C17H22BrN/c1-10-5-12(18)9-13(6-10)19-17-8-11-7-16(17)15-4-2-3-14(11)15/h5-6,9,11,14-17,19H,2-4,7-8H2,1H3. The Morgan fingerprint density at radius 1 is 1.05 bits per heavy atom. The first kappa shape index (κ1) is 12.3. The van der Waals surface area contributed by atoms with Crippen LogP contribution in [0.3, 0.4) is 0 Å². The molecule has 3 saturated carbocycles. The Morgan fingerprint density at radius 3 is 2.74 bits per heavy atom. The van der Waals surface area contributed by atoms with Gasteiger partial charge in [-0.3, -0.25) is 0 Å². The number of rotatable bonds is 2. The van der Waals surface area contributed by atoms with E-state index in [0.717, 1.165) is 29.7 Å². The zero-order valence-electron chi connectivity index (χ0n) is 11.5. The lowest BCUT2D eigenvalue weighted by molar-refractivity contribution is 0.243. The maximum atomic E-state index is 3.84. The number of nitrogens with one attached hydrogen (secondary N) is 1. The van der Waals surface area contributed by atoms with E-state index in [1.807, 2.05) is 0 Å². The third kappa shape index (κ3) is 2.03. The van der Waals surface area contributed by atoms with E-state index in [1.165, 1.54) is 47.8 Å². The summed E-state index contributed by atoms with van der Waals surface area (Å²) in [7, 11) is 0. The summed E-state index contributed by atoms with van der Waals surface area (Å²) in [6.07, 6.45) is 7.43. The maximum Gasteiger partial charge on any atom is 0.0356 e. The molecule has 0 aromatic heterocycles. The SMILES string of the molecule is Cc1cc(Br)cc(NC2CC3CC2C2CCCC32)c1. The smallest absolute Gasteiger partial charge is 0.0356 e. The first-order chi connectivity index (χ1) is 9.20. The van der Waals surface area contributed by atoms with Crippen LogP contribution in [-0.2, 0) is 0 Å². The van der Waals surface area contributed by atoms with Gasteiger partial charge in [0.25, 0.3) is 0 Å². The molecule has 1 aromatic carbocycles. The summed E-state index contributed by atoms with van der Waals surface area (Å²) < 4.78 is 1.19. The molecule has 5 atom stereocenters. The van der Waals surface area contributed by atoms with Gasteiger partial charge in [-0.05, 0) is 80.0 Å². The Bertz CT molecular complexity index is 478. The van der Waals surface area contributed by atoms with Gasteiger partial charge in [-0.15, -0.1) is 0 Å². The third-order valence-corrected chi connectivity index (χ3v) is 6.28. The highest BCUT2D eigenvalue weighted by Gasteiger charge is 2.53. The van der Waals surface area contributed by atoms with Crippen LogP contribution >= 0.6 is 15.9 Å². The van der Waals surface area contributed by atoms with Crippen molar-refractivity contribution in [3.05, 3.63) is 28.2 Å². The molecule has 1 aromatic rings. The average Bonchev–Trinajstić information content (AvgIpc) is 2.97. The summed E-state index contributed by atoms with van der Waals surface area (Å²) in [4.78, 5) is 0. The topological polar surface area (TPSA) is 12.0 Å². The van der Waals surface area contributed by atoms with Gasteiger partial charge in [0.05, 0.1) is 0 Å². The fraction of sp³-hybridized carbons (Fsp3) is 0.647. The predicted octanol–water partition coefficient (Wildman–Crippen LogP) is 4.99. The van der Waals surface area contributed by atoms with Crippen LogP contribution < -0.4 is 5.32 Å². The van der Waals surface area contributed by atoms with Crippen LogP contribution in [0, 0.1) is 30.6 Å². The fourth-order valence-electron chi connectivity index (χ4n) is 5.27. The first-order valence-corrected chi connectivity index (χ1v) is 8.54. The highest BCUT2D eigenvalue weighted by Crippen LogP contribution is 2.59. The second-order valence-corrected chi connectivity index (χ2v) is 7.84. The molecule has 102 valence electrons. The van der Waals surface area contributed by atoms with E-state index in [-0.39, 0.29) is 0 Å². The van der Waals surface area contributed by atoms with Crippen molar-refractivity contribution < 1.29 is 0 Å². The zero-order chi connectivity index (χ0) is 13.0. The van der Waals surface area contributed by atoms with E-state index >= 15 is 0 Å². The number of anilines is 1. The Labute approximate surface area is 124 Å². The largest absolute Gasteiger partial charge is 0.382 e. The summed E-state index contributed by atoms with van der Waals surface area (Å²) in [5, 5.41) is 3.84. The van der Waals surface area contributed by atoms with E-state index in [2.05, 4.69) is 46.4 Å². The Morgan fingerprint density at radius 2 is 1.89 bits per heavy atom. The van der Waals surface area contributed by atoms with Gasteiger partial charge in [0.2, 0.25) is 0 Å². The van der Waals surface area contributed by atoms with Gasteiger partial charge in [-0.1, -0.05) is 22.4 Å². The Hall–Kier alpha value is -0.500. The molecule has 1 nitrogen and oxygen atoms in total. The predicted molar refractivity (Wildman–Crippen MR) is 83.3 cm³/mol. The van der Waals surface area contributed by atoms with Crippen molar-refractivity contribution in [1.29, 1.82) is 0 Å². The molecule has 0 radical (unpaired) electrons. The molecule has 2 heteroatoms. The molecule has 1 N–H and O–H groups in total. The summed E-state index contributed by atoms with van der Waals surface area (Å²) >= 11 is 3.61. The minimum absolute atomic E-state index is 0.734. The van der Waals surface area contributed by atoms with Crippen LogP contribution in [0.25, 0.3) is 0 Å². The molecule has 3 fully saturated rings. The molecule has 0 heterocycles. The number of aryl methyl sites for hydroxylation is 1. The van der Waals surface area contributed by atoms with Crippen LogP contribution in [0.5, 0.6) is 0 Å². The molecule has 5 unspecified atom stereocenters. The summed E-state index contributed by atoms with van der Waals surface area (Å²) in [5.74, 6) is 4.12. The lowest BCUT2D eigenvalue weighted by atomic mass is 9.79. The van der Waals surface area contributed by atoms with Crippen LogP contribution in [0.15, 0.2) is 22.7 Å². The Kier molecular flexibility index (Phi) is 2.91. The zero-order valence-corrected chi connectivity index (χ0v) is 13.1. The number of fused-ring (bicyclic) bond motifs is 5. The van der Waals surface area contributed by atoms with Gasteiger partial charge < -0.3 is 5.32 Å². The molecule has 19 heavy (non-hydrogen) atoms. The highest BCUT2D eigenvalue weighted by atomic mass is 79.9. The number of hydrogen-bond acceptors (Lipinski definition) is 1.